The minimum atomic E-state index is -0.827. The minimum Gasteiger partial charge on any atom is -0.387 e. The van der Waals surface area contributed by atoms with Gasteiger partial charge in [-0.05, 0) is 25.3 Å². The second kappa shape index (κ2) is 6.34. The third-order valence-corrected chi connectivity index (χ3v) is 3.53. The molecule has 0 aliphatic carbocycles. The van der Waals surface area contributed by atoms with Gasteiger partial charge >= 0.3 is 0 Å². The fourth-order valence-corrected chi connectivity index (χ4v) is 2.09. The maximum Gasteiger partial charge on any atom is 0.0957 e. The van der Waals surface area contributed by atoms with E-state index in [1.54, 1.807) is 7.11 Å². The summed E-state index contributed by atoms with van der Waals surface area (Å²) in [7, 11) is 1.63. The Morgan fingerprint density at radius 3 is 2.56 bits per heavy atom. The highest BCUT2D eigenvalue weighted by Gasteiger charge is 2.32. The molecule has 1 heterocycles. The number of methoxy groups -OCH3 is 1. The van der Waals surface area contributed by atoms with Crippen molar-refractivity contribution in [3.8, 4) is 0 Å². The van der Waals surface area contributed by atoms with Crippen molar-refractivity contribution < 1.29 is 9.84 Å². The molecule has 1 unspecified atom stereocenters. The van der Waals surface area contributed by atoms with Gasteiger partial charge in [-0.1, -0.05) is 20.8 Å². The maximum absolute atomic E-state index is 10.7. The summed E-state index contributed by atoms with van der Waals surface area (Å²) in [6.07, 6.45) is 1.50. The monoisotopic (exact) mass is 254 g/mol. The lowest BCUT2D eigenvalue weighted by Crippen LogP contribution is -2.42. The van der Waals surface area contributed by atoms with E-state index in [1.165, 1.54) is 0 Å². The van der Waals surface area contributed by atoms with Crippen LogP contribution in [0.2, 0.25) is 0 Å². The first kappa shape index (κ1) is 15.2. The predicted octanol–water partition coefficient (Wildman–Crippen LogP) is 2.04. The van der Waals surface area contributed by atoms with Crippen LogP contribution in [-0.2, 0) is 24.1 Å². The van der Waals surface area contributed by atoms with Gasteiger partial charge in [0, 0.05) is 25.8 Å². The highest BCUT2D eigenvalue weighted by molar-refractivity contribution is 5.13. The number of aliphatic hydroxyl groups is 1. The van der Waals surface area contributed by atoms with Gasteiger partial charge in [-0.25, -0.2) is 0 Å². The highest BCUT2D eigenvalue weighted by Crippen LogP contribution is 2.23. The fraction of sp³-hybridized carbons (Fsp3) is 0.786. The molecule has 4 nitrogen and oxygen atoms in total. The average molecular weight is 254 g/mol. The predicted molar refractivity (Wildman–Crippen MR) is 72.6 cm³/mol. The fourth-order valence-electron chi connectivity index (χ4n) is 2.09. The van der Waals surface area contributed by atoms with Crippen LogP contribution in [0.5, 0.6) is 0 Å². The average Bonchev–Trinajstić information content (AvgIpc) is 2.71. The molecule has 104 valence electrons. The van der Waals surface area contributed by atoms with Crippen LogP contribution in [-0.4, -0.2) is 34.2 Å². The van der Waals surface area contributed by atoms with Crippen molar-refractivity contribution in [2.45, 2.75) is 52.7 Å². The van der Waals surface area contributed by atoms with Gasteiger partial charge in [-0.3, -0.25) is 4.68 Å². The summed E-state index contributed by atoms with van der Waals surface area (Å²) in [6, 6.07) is 2.09. The van der Waals surface area contributed by atoms with E-state index in [1.807, 2.05) is 18.5 Å². The lowest BCUT2D eigenvalue weighted by molar-refractivity contribution is -0.0648. The number of aryl methyl sites for hydroxylation is 2. The van der Waals surface area contributed by atoms with E-state index in [0.29, 0.717) is 13.0 Å². The zero-order chi connectivity index (χ0) is 13.8. The summed E-state index contributed by atoms with van der Waals surface area (Å²) in [6.45, 7) is 9.38. The van der Waals surface area contributed by atoms with E-state index < -0.39 is 5.60 Å². The van der Waals surface area contributed by atoms with Gasteiger partial charge < -0.3 is 9.84 Å². The molecule has 1 N–H and O–H groups in total. The summed E-state index contributed by atoms with van der Waals surface area (Å²) in [5.41, 5.74) is 1.34. The van der Waals surface area contributed by atoms with Crippen molar-refractivity contribution >= 4 is 0 Å². The van der Waals surface area contributed by atoms with Gasteiger partial charge in [0.2, 0.25) is 0 Å². The molecule has 0 amide bonds. The SMILES string of the molecule is CCc1cc(CC(O)(COC)C(C)C)n(CC)n1. The first-order valence-corrected chi connectivity index (χ1v) is 6.73. The summed E-state index contributed by atoms with van der Waals surface area (Å²) < 4.78 is 7.14. The molecule has 1 rings (SSSR count). The lowest BCUT2D eigenvalue weighted by Gasteiger charge is -2.31. The van der Waals surface area contributed by atoms with Gasteiger partial charge in [-0.2, -0.15) is 5.10 Å². The molecule has 1 aromatic heterocycles. The first-order chi connectivity index (χ1) is 8.46. The summed E-state index contributed by atoms with van der Waals surface area (Å²) in [4.78, 5) is 0. The van der Waals surface area contributed by atoms with E-state index in [2.05, 4.69) is 25.0 Å². The number of ether oxygens (including phenoxy) is 1. The van der Waals surface area contributed by atoms with E-state index in [-0.39, 0.29) is 5.92 Å². The standard InChI is InChI=1S/C14H26N2O2/c1-6-12-8-13(16(7-2)15-12)9-14(17,10-18-5)11(3)4/h8,11,17H,6-7,9-10H2,1-5H3. The zero-order valence-corrected chi connectivity index (χ0v) is 12.2. The molecule has 0 saturated carbocycles. The van der Waals surface area contributed by atoms with E-state index in [0.717, 1.165) is 24.4 Å². The molecule has 1 aromatic rings. The van der Waals surface area contributed by atoms with Gasteiger partial charge in [0.05, 0.1) is 17.9 Å². The van der Waals surface area contributed by atoms with Crippen molar-refractivity contribution in [2.24, 2.45) is 5.92 Å². The van der Waals surface area contributed by atoms with Crippen LogP contribution in [0.4, 0.5) is 0 Å². The minimum absolute atomic E-state index is 0.141. The Labute approximate surface area is 110 Å². The molecular formula is C14H26N2O2. The molecular weight excluding hydrogens is 228 g/mol. The molecule has 4 heteroatoms. The van der Waals surface area contributed by atoms with E-state index >= 15 is 0 Å². The Morgan fingerprint density at radius 1 is 1.44 bits per heavy atom. The summed E-state index contributed by atoms with van der Waals surface area (Å²) in [5, 5.41) is 15.2. The Balaban J connectivity index is 2.96. The Hall–Kier alpha value is -0.870. The van der Waals surface area contributed by atoms with Crippen molar-refractivity contribution in [1.82, 2.24) is 9.78 Å². The Kier molecular flexibility index (Phi) is 5.35. The highest BCUT2D eigenvalue weighted by atomic mass is 16.5. The largest absolute Gasteiger partial charge is 0.387 e. The van der Waals surface area contributed by atoms with Crippen molar-refractivity contribution in [2.75, 3.05) is 13.7 Å². The topological polar surface area (TPSA) is 47.3 Å². The molecule has 0 fully saturated rings. The number of rotatable bonds is 7. The Bertz CT molecular complexity index is 374. The molecule has 0 bridgehead atoms. The van der Waals surface area contributed by atoms with Crippen molar-refractivity contribution in [3.63, 3.8) is 0 Å². The smallest absolute Gasteiger partial charge is 0.0957 e. The molecule has 0 aromatic carbocycles. The maximum atomic E-state index is 10.7. The number of nitrogens with zero attached hydrogens (tertiary/aromatic N) is 2. The third kappa shape index (κ3) is 3.33. The van der Waals surface area contributed by atoms with Crippen LogP contribution in [0, 0.1) is 5.92 Å². The third-order valence-electron chi connectivity index (χ3n) is 3.53. The molecule has 0 aliphatic heterocycles. The quantitative estimate of drug-likeness (QED) is 0.810. The zero-order valence-electron chi connectivity index (χ0n) is 12.2. The molecule has 0 spiro atoms. The van der Waals surface area contributed by atoms with Gasteiger partial charge in [0.15, 0.2) is 0 Å². The van der Waals surface area contributed by atoms with E-state index in [9.17, 15) is 5.11 Å². The first-order valence-electron chi connectivity index (χ1n) is 6.73. The Morgan fingerprint density at radius 2 is 2.11 bits per heavy atom. The van der Waals surface area contributed by atoms with Crippen LogP contribution >= 0.6 is 0 Å². The number of aromatic nitrogens is 2. The van der Waals surface area contributed by atoms with Crippen LogP contribution in [0.1, 0.15) is 39.1 Å². The van der Waals surface area contributed by atoms with Crippen molar-refractivity contribution in [1.29, 1.82) is 0 Å². The van der Waals surface area contributed by atoms with E-state index in [4.69, 9.17) is 4.74 Å². The van der Waals surface area contributed by atoms with Gasteiger partial charge in [0.25, 0.3) is 0 Å². The van der Waals surface area contributed by atoms with Gasteiger partial charge in [-0.15, -0.1) is 0 Å². The number of hydrogen-bond donors (Lipinski definition) is 1. The van der Waals surface area contributed by atoms with Gasteiger partial charge in [0.1, 0.15) is 0 Å². The van der Waals surface area contributed by atoms with Crippen molar-refractivity contribution in [3.05, 3.63) is 17.5 Å². The van der Waals surface area contributed by atoms with Crippen LogP contribution in [0.25, 0.3) is 0 Å². The molecule has 0 saturated heterocycles. The van der Waals surface area contributed by atoms with Crippen LogP contribution in [0.3, 0.4) is 0 Å². The van der Waals surface area contributed by atoms with Crippen LogP contribution < -0.4 is 0 Å². The molecule has 18 heavy (non-hydrogen) atoms. The van der Waals surface area contributed by atoms with Crippen LogP contribution in [0.15, 0.2) is 6.07 Å². The molecule has 0 aliphatic rings. The second-order valence-corrected chi connectivity index (χ2v) is 5.16. The molecule has 0 radical (unpaired) electrons. The normalized spacial score (nSPS) is 15.1. The second-order valence-electron chi connectivity index (χ2n) is 5.16. The summed E-state index contributed by atoms with van der Waals surface area (Å²) in [5.74, 6) is 0.141. The number of hydrogen-bond acceptors (Lipinski definition) is 3. The summed E-state index contributed by atoms with van der Waals surface area (Å²) >= 11 is 0. The molecule has 1 atom stereocenters. The lowest BCUT2D eigenvalue weighted by atomic mass is 9.86.